The molecule has 0 saturated carbocycles. The third-order valence-corrected chi connectivity index (χ3v) is 5.27. The maximum atomic E-state index is 13.5. The zero-order valence-corrected chi connectivity index (χ0v) is 15.6. The molecule has 1 aliphatic heterocycles. The van der Waals surface area contributed by atoms with E-state index in [9.17, 15) is 9.18 Å². The molecule has 4 rings (SSSR count). The number of rotatable bonds is 4. The molecule has 3 nitrogen and oxygen atoms in total. The molecule has 4 heteroatoms. The first-order valence-corrected chi connectivity index (χ1v) is 9.32. The summed E-state index contributed by atoms with van der Waals surface area (Å²) in [5, 5.41) is 9.04. The van der Waals surface area contributed by atoms with Gasteiger partial charge in [-0.3, -0.25) is 0 Å². The molecule has 28 heavy (non-hydrogen) atoms. The number of carboxylic acid groups (broad SMARTS) is 1. The second-order valence-electron chi connectivity index (χ2n) is 7.56. The summed E-state index contributed by atoms with van der Waals surface area (Å²) in [6.07, 6.45) is 2.38. The quantitative estimate of drug-likeness (QED) is 0.652. The normalized spacial score (nSPS) is 18.2. The molecule has 0 aliphatic carbocycles. The largest absolute Gasteiger partial charge is 0.487 e. The first kappa shape index (κ1) is 18.2. The van der Waals surface area contributed by atoms with Gasteiger partial charge in [0.25, 0.3) is 0 Å². The maximum Gasteiger partial charge on any atom is 0.335 e. The Labute approximate surface area is 163 Å². The van der Waals surface area contributed by atoms with Crippen molar-refractivity contribution in [2.45, 2.75) is 31.8 Å². The van der Waals surface area contributed by atoms with Gasteiger partial charge in [-0.2, -0.15) is 0 Å². The van der Waals surface area contributed by atoms with Crippen molar-refractivity contribution in [1.82, 2.24) is 0 Å². The van der Waals surface area contributed by atoms with Crippen LogP contribution in [-0.4, -0.2) is 16.7 Å². The standard InChI is InChI=1S/C24H21FO3/c1-24(15-16-3-2-4-21(25)13-16)12-11-20-14-19(9-10-22(20)28-24)17-5-7-18(8-6-17)23(26)27/h2-10,13-14H,11-12,15H2,1H3,(H,26,27). The monoisotopic (exact) mass is 376 g/mol. The van der Waals surface area contributed by atoms with Crippen LogP contribution in [0.15, 0.2) is 66.7 Å². The number of carboxylic acids is 1. The lowest BCUT2D eigenvalue weighted by atomic mass is 9.86. The predicted molar refractivity (Wildman–Crippen MR) is 106 cm³/mol. The number of hydrogen-bond acceptors (Lipinski definition) is 2. The molecule has 0 fully saturated rings. The van der Waals surface area contributed by atoms with Gasteiger partial charge in [0.05, 0.1) is 5.56 Å². The summed E-state index contributed by atoms with van der Waals surface area (Å²) in [5.41, 5.74) is 3.98. The van der Waals surface area contributed by atoms with E-state index in [4.69, 9.17) is 9.84 Å². The van der Waals surface area contributed by atoms with Crippen LogP contribution in [-0.2, 0) is 12.8 Å². The molecule has 142 valence electrons. The zero-order chi connectivity index (χ0) is 19.7. The van der Waals surface area contributed by atoms with E-state index in [2.05, 4.69) is 13.0 Å². The van der Waals surface area contributed by atoms with Crippen molar-refractivity contribution in [2.24, 2.45) is 0 Å². The van der Waals surface area contributed by atoms with Crippen LogP contribution in [0, 0.1) is 5.82 Å². The van der Waals surface area contributed by atoms with Crippen molar-refractivity contribution >= 4 is 5.97 Å². The number of fused-ring (bicyclic) bond motifs is 1. The molecule has 0 amide bonds. The van der Waals surface area contributed by atoms with Gasteiger partial charge in [0.2, 0.25) is 0 Å². The van der Waals surface area contributed by atoms with Crippen LogP contribution in [0.4, 0.5) is 4.39 Å². The Kier molecular flexibility index (Phi) is 4.63. The molecule has 1 unspecified atom stereocenters. The van der Waals surface area contributed by atoms with Crippen molar-refractivity contribution in [3.05, 3.63) is 89.2 Å². The highest BCUT2D eigenvalue weighted by atomic mass is 19.1. The fourth-order valence-corrected chi connectivity index (χ4v) is 3.78. The SMILES string of the molecule is CC1(Cc2cccc(F)c2)CCc2cc(-c3ccc(C(=O)O)cc3)ccc2O1. The van der Waals surface area contributed by atoms with E-state index in [1.54, 1.807) is 24.3 Å². The van der Waals surface area contributed by atoms with E-state index in [0.717, 1.165) is 40.8 Å². The van der Waals surface area contributed by atoms with E-state index >= 15 is 0 Å². The van der Waals surface area contributed by atoms with Gasteiger partial charge in [0.1, 0.15) is 17.2 Å². The van der Waals surface area contributed by atoms with E-state index in [0.29, 0.717) is 6.42 Å². The fraction of sp³-hybridized carbons (Fsp3) is 0.208. The van der Waals surface area contributed by atoms with Crippen molar-refractivity contribution < 1.29 is 19.0 Å². The molecule has 0 saturated heterocycles. The predicted octanol–water partition coefficient (Wildman–Crippen LogP) is 5.52. The van der Waals surface area contributed by atoms with Crippen molar-refractivity contribution in [1.29, 1.82) is 0 Å². The third kappa shape index (κ3) is 3.77. The zero-order valence-electron chi connectivity index (χ0n) is 15.6. The lowest BCUT2D eigenvalue weighted by Crippen LogP contribution is -2.38. The molecule has 1 aliphatic rings. The van der Waals surface area contributed by atoms with E-state index < -0.39 is 5.97 Å². The number of aryl methyl sites for hydroxylation is 1. The Morgan fingerprint density at radius 2 is 1.82 bits per heavy atom. The van der Waals surface area contributed by atoms with Gasteiger partial charge >= 0.3 is 5.97 Å². The molecule has 1 atom stereocenters. The highest BCUT2D eigenvalue weighted by molar-refractivity contribution is 5.88. The van der Waals surface area contributed by atoms with Crippen molar-refractivity contribution in [3.8, 4) is 16.9 Å². The molecular weight excluding hydrogens is 355 g/mol. The smallest absolute Gasteiger partial charge is 0.335 e. The van der Waals surface area contributed by atoms with Gasteiger partial charge < -0.3 is 9.84 Å². The van der Waals surface area contributed by atoms with E-state index in [1.807, 2.05) is 30.3 Å². The molecule has 0 bridgehead atoms. The van der Waals surface area contributed by atoms with Crippen LogP contribution in [0.3, 0.4) is 0 Å². The van der Waals surface area contributed by atoms with Crippen LogP contribution < -0.4 is 4.74 Å². The van der Waals surface area contributed by atoms with Crippen LogP contribution in [0.25, 0.3) is 11.1 Å². The number of halogens is 1. The van der Waals surface area contributed by atoms with Crippen LogP contribution >= 0.6 is 0 Å². The summed E-state index contributed by atoms with van der Waals surface area (Å²) >= 11 is 0. The Balaban J connectivity index is 1.55. The molecular formula is C24H21FO3. The van der Waals surface area contributed by atoms with Gasteiger partial charge in [0, 0.05) is 6.42 Å². The summed E-state index contributed by atoms with van der Waals surface area (Å²) in [7, 11) is 0. The lowest BCUT2D eigenvalue weighted by molar-refractivity contribution is 0.0653. The first-order chi connectivity index (χ1) is 13.4. The minimum absolute atomic E-state index is 0.226. The number of benzene rings is 3. The molecule has 1 N–H and O–H groups in total. The summed E-state index contributed by atoms with van der Waals surface area (Å²) in [6.45, 7) is 2.07. The lowest BCUT2D eigenvalue weighted by Gasteiger charge is -2.36. The average Bonchev–Trinajstić information content (AvgIpc) is 2.67. The van der Waals surface area contributed by atoms with Crippen molar-refractivity contribution in [2.75, 3.05) is 0 Å². The first-order valence-electron chi connectivity index (χ1n) is 9.32. The molecule has 0 aromatic heterocycles. The van der Waals surface area contributed by atoms with Gasteiger partial charge in [-0.05, 0) is 78.4 Å². The van der Waals surface area contributed by atoms with Crippen molar-refractivity contribution in [3.63, 3.8) is 0 Å². The second-order valence-corrected chi connectivity index (χ2v) is 7.56. The topological polar surface area (TPSA) is 46.5 Å². The number of ether oxygens (including phenoxy) is 1. The van der Waals surface area contributed by atoms with Crippen LogP contribution in [0.5, 0.6) is 5.75 Å². The highest BCUT2D eigenvalue weighted by Gasteiger charge is 2.32. The summed E-state index contributed by atoms with van der Waals surface area (Å²) in [4.78, 5) is 11.0. The third-order valence-electron chi connectivity index (χ3n) is 5.27. The maximum absolute atomic E-state index is 13.5. The molecule has 0 radical (unpaired) electrons. The van der Waals surface area contributed by atoms with E-state index in [-0.39, 0.29) is 17.0 Å². The molecule has 0 spiro atoms. The van der Waals surface area contributed by atoms with Crippen LogP contribution in [0.2, 0.25) is 0 Å². The minimum Gasteiger partial charge on any atom is -0.487 e. The number of hydrogen-bond donors (Lipinski definition) is 1. The van der Waals surface area contributed by atoms with Gasteiger partial charge in [0.15, 0.2) is 0 Å². The second kappa shape index (κ2) is 7.12. The number of aromatic carboxylic acids is 1. The minimum atomic E-state index is -0.928. The highest BCUT2D eigenvalue weighted by Crippen LogP contribution is 2.37. The molecule has 3 aromatic carbocycles. The van der Waals surface area contributed by atoms with Gasteiger partial charge in [-0.25, -0.2) is 9.18 Å². The summed E-state index contributed by atoms with van der Waals surface area (Å²) in [5.74, 6) is -0.296. The summed E-state index contributed by atoms with van der Waals surface area (Å²) in [6, 6.07) is 19.6. The summed E-state index contributed by atoms with van der Waals surface area (Å²) < 4.78 is 19.8. The average molecular weight is 376 g/mol. The van der Waals surface area contributed by atoms with Crippen LogP contribution in [0.1, 0.15) is 34.8 Å². The Morgan fingerprint density at radius 3 is 2.54 bits per heavy atom. The van der Waals surface area contributed by atoms with Gasteiger partial charge in [-0.1, -0.05) is 30.3 Å². The molecule has 3 aromatic rings. The Bertz CT molecular complexity index is 1030. The number of carbonyl (C=O) groups is 1. The Morgan fingerprint density at radius 1 is 1.07 bits per heavy atom. The van der Waals surface area contributed by atoms with Gasteiger partial charge in [-0.15, -0.1) is 0 Å². The molecule has 1 heterocycles. The Hall–Kier alpha value is -3.14. The van der Waals surface area contributed by atoms with E-state index in [1.165, 1.54) is 6.07 Å². The fourth-order valence-electron chi connectivity index (χ4n) is 3.78.